The molecule has 79 heavy (non-hydrogen) atoms. The van der Waals surface area contributed by atoms with Gasteiger partial charge in [0.1, 0.15) is 66.3 Å². The highest BCUT2D eigenvalue weighted by Crippen LogP contribution is 2.68. The van der Waals surface area contributed by atoms with Gasteiger partial charge in [0.2, 0.25) is 17.7 Å². The van der Waals surface area contributed by atoms with E-state index in [9.17, 15) is 62.7 Å². The molecule has 0 aromatic carbocycles. The van der Waals surface area contributed by atoms with Crippen molar-refractivity contribution < 1.29 is 113 Å². The van der Waals surface area contributed by atoms with E-state index in [0.717, 1.165) is 23.5 Å². The average molecular weight is 1200 g/mol. The van der Waals surface area contributed by atoms with E-state index in [1.54, 1.807) is 0 Å². The molecule has 0 radical (unpaired) electrons. The van der Waals surface area contributed by atoms with Gasteiger partial charge < -0.3 is 80.5 Å². The number of fused-ring (bicyclic) bond motifs is 5. The lowest BCUT2D eigenvalue weighted by molar-refractivity contribution is -0.746. The quantitative estimate of drug-likeness (QED) is 0.0174. The first kappa shape index (κ1) is 57.1. The number of methoxy groups -OCH3 is 1. The Bertz CT molecular complexity index is 3620. The second kappa shape index (κ2) is 21.3. The van der Waals surface area contributed by atoms with Crippen molar-refractivity contribution in [2.75, 3.05) is 64.0 Å². The van der Waals surface area contributed by atoms with Crippen LogP contribution in [-0.2, 0) is 80.4 Å². The van der Waals surface area contributed by atoms with Gasteiger partial charge in [-0.05, 0) is 0 Å². The molecule has 432 valence electrons. The molecule has 4 aliphatic heterocycles. The molecule has 16 atom stereocenters. The Hall–Kier alpha value is -5.19. The molecule has 10 rings (SSSR count). The number of nitrogens with two attached hydrogens (primary N) is 3. The predicted octanol–water partition coefficient (Wildman–Crippen LogP) is -4.29. The van der Waals surface area contributed by atoms with Crippen molar-refractivity contribution in [1.82, 2.24) is 53.6 Å². The number of imidazole rings is 3. The minimum absolute atomic E-state index is 0.0258. The van der Waals surface area contributed by atoms with Crippen molar-refractivity contribution in [2.45, 2.75) is 73.1 Å². The number of H-pyrrole nitrogens is 2. The van der Waals surface area contributed by atoms with Crippen molar-refractivity contribution in [1.29, 1.82) is 0 Å². The number of aliphatic hydroxyl groups excluding tert-OH is 3. The van der Waals surface area contributed by atoms with Gasteiger partial charge >= 0.3 is 36.9 Å². The number of nitrogens with zero attached hydrogens (tertiary/aromatic N) is 10. The van der Waals surface area contributed by atoms with Crippen LogP contribution in [0.5, 0.6) is 0 Å². The summed E-state index contributed by atoms with van der Waals surface area (Å²) in [7, 11) is -20.6. The molecule has 0 aliphatic carbocycles. The maximum atomic E-state index is 13.8. The minimum atomic E-state index is -6.22. The van der Waals surface area contributed by atoms with Crippen LogP contribution in [0.2, 0.25) is 0 Å². The summed E-state index contributed by atoms with van der Waals surface area (Å²) in [6.07, 6.45) is -12.7. The van der Waals surface area contributed by atoms with Gasteiger partial charge in [0.25, 0.3) is 17.1 Å². The lowest BCUT2D eigenvalue weighted by Gasteiger charge is -2.32. The van der Waals surface area contributed by atoms with Crippen LogP contribution in [0, 0.1) is 0 Å². The van der Waals surface area contributed by atoms with Gasteiger partial charge in [0.05, 0.1) is 59.3 Å². The summed E-state index contributed by atoms with van der Waals surface area (Å²) in [6.45, 7) is -4.09. The number of nitrogens with one attached hydrogen (secondary N) is 2. The van der Waals surface area contributed by atoms with Crippen molar-refractivity contribution in [2.24, 2.45) is 7.05 Å². The maximum Gasteiger partial charge on any atom is 0.490 e. The summed E-state index contributed by atoms with van der Waals surface area (Å²) in [5.74, 6) is -0.663. The fourth-order valence-electron chi connectivity index (χ4n) is 9.16. The van der Waals surface area contributed by atoms with E-state index < -0.39 is 142 Å². The molecule has 4 saturated heterocycles. The predicted molar refractivity (Wildman–Crippen MR) is 252 cm³/mol. The van der Waals surface area contributed by atoms with E-state index in [0.29, 0.717) is 0 Å². The van der Waals surface area contributed by atoms with E-state index in [2.05, 4.69) is 48.5 Å². The van der Waals surface area contributed by atoms with Crippen LogP contribution < -0.4 is 32.9 Å². The van der Waals surface area contributed by atoms with Gasteiger partial charge in [-0.1, -0.05) is 4.98 Å². The Labute approximate surface area is 438 Å². The Morgan fingerprint density at radius 2 is 1.42 bits per heavy atom. The molecule has 15 N–H and O–H groups in total. The van der Waals surface area contributed by atoms with E-state index in [-0.39, 0.29) is 64.4 Å². The van der Waals surface area contributed by atoms with Gasteiger partial charge in [-0.25, -0.2) is 42.8 Å². The number of phosphoric ester groups is 3. The Morgan fingerprint density at radius 1 is 0.772 bits per heavy atom. The normalized spacial score (nSPS) is 31.0. The second-order valence-corrected chi connectivity index (χ2v) is 23.9. The highest BCUT2D eigenvalue weighted by molar-refractivity contribution is 7.66. The zero-order chi connectivity index (χ0) is 56.7. The highest BCUT2D eigenvalue weighted by Gasteiger charge is 2.66. The van der Waals surface area contributed by atoms with Gasteiger partial charge in [0.15, 0.2) is 41.4 Å². The average Bonchev–Trinajstić information content (AvgIpc) is 4.40. The summed E-state index contributed by atoms with van der Waals surface area (Å²) in [5.41, 5.74) is 13.5. The number of ether oxygens (including phenoxy) is 6. The van der Waals surface area contributed by atoms with E-state index in [1.807, 2.05) is 0 Å². The summed E-state index contributed by atoms with van der Waals surface area (Å²) in [4.78, 5) is 96.8. The Morgan fingerprint density at radius 3 is 2.14 bits per heavy atom. The highest BCUT2D eigenvalue weighted by atomic mass is 31.3. The number of phosphoric acid groups is 4. The molecular weight excluding hydrogens is 1150 g/mol. The molecule has 44 heteroatoms. The maximum absolute atomic E-state index is 13.8. The Balaban J connectivity index is 0.814. The molecule has 7 unspecified atom stereocenters. The molecular formula is C35H48N15O25P4+. The molecule has 4 fully saturated rings. The van der Waals surface area contributed by atoms with Crippen molar-refractivity contribution in [3.05, 3.63) is 46.0 Å². The first-order valence-corrected chi connectivity index (χ1v) is 28.7. The number of aliphatic hydroxyl groups is 3. The molecule has 2 bridgehead atoms. The standard InChI is InChI=1S/C35H47N15O25P4/c1-47-12-50(27-17(47)29(55)46-34(38)44-27)31-21(65-4-3-64-2)19(52)14(71-31)6-68-77(58,59)74-79(62,63)75-78(60,61)69-8-35-7-66-22(32(72-35)48-10-41-15-24(36)39-9-40-25(15)48)23(35)73-76(56,57)67-5-13-18(51)20(53)30(70-13)49-11-42-16-26(49)43-33(37)45-28(16)54/h9-14,18-23,30-32,51-53H,3-8H2,1-2H3,(H11-,36,37,38,39,40,43,44,45,46,54,55,56,57,58,59,60,61,62,63)/p+1/t13-,14-,18?,19+,20+,21?,22+,23?,30-,31-,32-,35-/m1/s1. The molecule has 4 aliphatic rings. The van der Waals surface area contributed by atoms with Crippen LogP contribution in [0.4, 0.5) is 17.7 Å². The topological polar surface area (TPSA) is 560 Å². The SMILES string of the molecule is COCCOC1[C@@H](O)[C@@H](COP(=O)(O)OP(=O)(O)OP(=O)(O)OC[C@]23CO[C@@H](C2OP(=O)(O)OC[C@H]2O[C@@H](n4cnc5c(=O)[nH]c(N)nc54)[C@@H](O)C2O)[C@H](n2cnc4c(N)ncnc42)O3)O[C@H]1[n+]1cn(C)c2c(=O)[nH]c(N)nc21. The van der Waals surface area contributed by atoms with E-state index in [4.69, 9.17) is 63.7 Å². The molecule has 6 aromatic heterocycles. The largest absolute Gasteiger partial charge is 0.490 e. The number of hydrogen-bond acceptors (Lipinski definition) is 30. The third kappa shape index (κ3) is 11.2. The summed E-state index contributed by atoms with van der Waals surface area (Å²) in [5, 5.41) is 33.1. The molecule has 0 amide bonds. The van der Waals surface area contributed by atoms with Gasteiger partial charge in [-0.15, -0.1) is 0 Å². The molecule has 0 spiro atoms. The number of nitrogen functional groups attached to an aromatic ring is 3. The lowest BCUT2D eigenvalue weighted by atomic mass is 10.0. The van der Waals surface area contributed by atoms with Gasteiger partial charge in [-0.2, -0.15) is 13.6 Å². The van der Waals surface area contributed by atoms with Crippen molar-refractivity contribution >= 4 is 82.5 Å². The second-order valence-electron chi connectivity index (χ2n) is 17.8. The number of aromatic amines is 2. The third-order valence-electron chi connectivity index (χ3n) is 12.6. The van der Waals surface area contributed by atoms with Gasteiger partial charge in [-0.3, -0.25) is 51.4 Å². The summed E-state index contributed by atoms with van der Waals surface area (Å²) >= 11 is 0. The number of anilines is 3. The molecule has 10 heterocycles. The number of aromatic nitrogens is 12. The smallest absolute Gasteiger partial charge is 0.387 e. The molecule has 0 saturated carbocycles. The van der Waals surface area contributed by atoms with Crippen LogP contribution in [0.1, 0.15) is 18.7 Å². The fraction of sp³-hybridized carbons (Fsp3) is 0.571. The van der Waals surface area contributed by atoms with Crippen LogP contribution >= 0.6 is 31.3 Å². The van der Waals surface area contributed by atoms with Crippen molar-refractivity contribution in [3.8, 4) is 0 Å². The summed E-state index contributed by atoms with van der Waals surface area (Å²) < 4.78 is 122. The Kier molecular flexibility index (Phi) is 15.4. The first-order chi connectivity index (χ1) is 37.2. The molecule has 6 aromatic rings. The van der Waals surface area contributed by atoms with Crippen LogP contribution in [0.25, 0.3) is 33.5 Å². The van der Waals surface area contributed by atoms with Gasteiger partial charge in [0, 0.05) is 7.11 Å². The molecule has 40 nitrogen and oxygen atoms in total. The van der Waals surface area contributed by atoms with Crippen LogP contribution in [0.15, 0.2) is 34.9 Å². The van der Waals surface area contributed by atoms with E-state index in [1.165, 1.54) is 34.2 Å². The van der Waals surface area contributed by atoms with E-state index >= 15 is 0 Å². The lowest BCUT2D eigenvalue weighted by Crippen LogP contribution is -2.47. The first-order valence-electron chi connectivity index (χ1n) is 22.7. The third-order valence-corrected chi connectivity index (χ3v) is 17.8. The van der Waals surface area contributed by atoms with Crippen molar-refractivity contribution in [3.63, 3.8) is 0 Å². The zero-order valence-electron chi connectivity index (χ0n) is 40.4. The zero-order valence-corrected chi connectivity index (χ0v) is 44.0. The fourth-order valence-corrected chi connectivity index (χ4v) is 13.7. The number of aryl methyl sites for hydroxylation is 1. The number of rotatable bonds is 22. The summed E-state index contributed by atoms with van der Waals surface area (Å²) in [6, 6.07) is 0. The number of hydrogen-bond donors (Lipinski definition) is 12. The van der Waals surface area contributed by atoms with Crippen LogP contribution in [0.3, 0.4) is 0 Å². The monoisotopic (exact) mass is 1200 g/mol. The minimum Gasteiger partial charge on any atom is -0.387 e. The van der Waals surface area contributed by atoms with Crippen LogP contribution in [-0.4, -0.2) is 190 Å².